The van der Waals surface area contributed by atoms with Crippen molar-refractivity contribution in [3.8, 4) is 11.1 Å². The minimum absolute atomic E-state index is 0.0844. The molecule has 5 nitrogen and oxygen atoms in total. The summed E-state index contributed by atoms with van der Waals surface area (Å²) >= 11 is 6.01. The molecule has 0 atom stereocenters. The highest BCUT2D eigenvalue weighted by atomic mass is 35.5. The average Bonchev–Trinajstić information content (AvgIpc) is 2.94. The van der Waals surface area contributed by atoms with Crippen molar-refractivity contribution in [2.45, 2.75) is 34.2 Å². The molecule has 0 saturated heterocycles. The van der Waals surface area contributed by atoms with Crippen LogP contribution in [0.3, 0.4) is 0 Å². The Balaban J connectivity index is 2.20. The van der Waals surface area contributed by atoms with E-state index in [1.54, 1.807) is 0 Å². The van der Waals surface area contributed by atoms with Crippen LogP contribution in [-0.2, 0) is 11.3 Å². The van der Waals surface area contributed by atoms with Crippen molar-refractivity contribution in [1.29, 1.82) is 0 Å². The van der Waals surface area contributed by atoms with Crippen LogP contribution in [0.2, 0.25) is 5.02 Å². The highest BCUT2D eigenvalue weighted by Gasteiger charge is 2.24. The van der Waals surface area contributed by atoms with Crippen molar-refractivity contribution < 1.29 is 4.79 Å². The van der Waals surface area contributed by atoms with Gasteiger partial charge in [-0.25, -0.2) is 9.97 Å². The molecule has 25 heavy (non-hydrogen) atoms. The zero-order chi connectivity index (χ0) is 18.2. The van der Waals surface area contributed by atoms with Crippen LogP contribution in [0.25, 0.3) is 22.2 Å². The van der Waals surface area contributed by atoms with Gasteiger partial charge < -0.3 is 9.88 Å². The molecule has 1 N–H and O–H groups in total. The van der Waals surface area contributed by atoms with E-state index >= 15 is 0 Å². The Morgan fingerprint density at radius 2 is 1.88 bits per heavy atom. The van der Waals surface area contributed by atoms with Crippen LogP contribution in [0.1, 0.15) is 27.7 Å². The number of aromatic nitrogens is 3. The van der Waals surface area contributed by atoms with Crippen molar-refractivity contribution in [2.75, 3.05) is 5.32 Å². The summed E-state index contributed by atoms with van der Waals surface area (Å²) in [5.74, 6) is 0.445. The van der Waals surface area contributed by atoms with Crippen molar-refractivity contribution in [1.82, 2.24) is 14.5 Å². The highest BCUT2D eigenvalue weighted by Crippen LogP contribution is 2.34. The Labute approximate surface area is 152 Å². The number of carbonyl (C=O) groups excluding carboxylic acids is 1. The number of rotatable bonds is 3. The molecule has 6 heteroatoms. The lowest BCUT2D eigenvalue weighted by Gasteiger charge is -2.17. The molecule has 2 aromatic heterocycles. The summed E-state index contributed by atoms with van der Waals surface area (Å²) in [5, 5.41) is 4.47. The molecule has 1 aromatic carbocycles. The first-order chi connectivity index (χ1) is 11.8. The number of anilines is 1. The Morgan fingerprint density at radius 3 is 2.48 bits per heavy atom. The second-order valence-electron chi connectivity index (χ2n) is 6.96. The second kappa shape index (κ2) is 6.48. The molecule has 0 unspecified atom stereocenters. The molecule has 0 spiro atoms. The molecule has 1 amide bonds. The molecule has 2 heterocycles. The molecule has 0 aliphatic heterocycles. The van der Waals surface area contributed by atoms with Crippen LogP contribution >= 0.6 is 11.6 Å². The number of hydrogen-bond donors (Lipinski definition) is 1. The predicted octanol–water partition coefficient (Wildman–Crippen LogP) is 4.76. The fourth-order valence-electron chi connectivity index (χ4n) is 2.60. The Hall–Kier alpha value is -2.40. The summed E-state index contributed by atoms with van der Waals surface area (Å²) in [5.41, 5.74) is 2.26. The van der Waals surface area contributed by atoms with E-state index in [0.717, 1.165) is 28.7 Å². The zero-order valence-corrected chi connectivity index (χ0v) is 15.6. The molecular formula is C19H21ClN4O. The topological polar surface area (TPSA) is 59.8 Å². The van der Waals surface area contributed by atoms with E-state index in [1.807, 2.05) is 55.8 Å². The number of benzene rings is 1. The van der Waals surface area contributed by atoms with Gasteiger partial charge in [0.2, 0.25) is 5.91 Å². The van der Waals surface area contributed by atoms with Crippen LogP contribution in [0, 0.1) is 5.41 Å². The number of fused-ring (bicyclic) bond motifs is 1. The van der Waals surface area contributed by atoms with Gasteiger partial charge in [0.25, 0.3) is 0 Å². The summed E-state index contributed by atoms with van der Waals surface area (Å²) in [7, 11) is 0. The van der Waals surface area contributed by atoms with Crippen molar-refractivity contribution in [3.05, 3.63) is 41.8 Å². The number of nitrogens with zero attached hydrogens (tertiary/aromatic N) is 3. The van der Waals surface area contributed by atoms with E-state index in [4.69, 9.17) is 11.6 Å². The lowest BCUT2D eigenvalue weighted by molar-refractivity contribution is -0.123. The minimum Gasteiger partial charge on any atom is -0.332 e. The van der Waals surface area contributed by atoms with E-state index in [9.17, 15) is 4.79 Å². The van der Waals surface area contributed by atoms with Crippen molar-refractivity contribution in [2.24, 2.45) is 5.41 Å². The molecule has 0 bridgehead atoms. The van der Waals surface area contributed by atoms with Gasteiger partial charge in [0.1, 0.15) is 17.8 Å². The van der Waals surface area contributed by atoms with E-state index < -0.39 is 5.41 Å². The third-order valence-electron chi connectivity index (χ3n) is 4.06. The van der Waals surface area contributed by atoms with Gasteiger partial charge in [-0.3, -0.25) is 4.79 Å². The highest BCUT2D eigenvalue weighted by molar-refractivity contribution is 6.30. The van der Waals surface area contributed by atoms with Crippen molar-refractivity contribution >= 4 is 34.4 Å². The van der Waals surface area contributed by atoms with Crippen LogP contribution < -0.4 is 5.32 Å². The van der Waals surface area contributed by atoms with Crippen LogP contribution in [0.15, 0.2) is 36.8 Å². The van der Waals surface area contributed by atoms with Crippen LogP contribution in [0.5, 0.6) is 0 Å². The summed E-state index contributed by atoms with van der Waals surface area (Å²) in [4.78, 5) is 21.2. The van der Waals surface area contributed by atoms with Gasteiger partial charge in [-0.05, 0) is 24.6 Å². The quantitative estimate of drug-likeness (QED) is 0.736. The van der Waals surface area contributed by atoms with Crippen LogP contribution in [0.4, 0.5) is 5.82 Å². The maximum atomic E-state index is 12.5. The fraction of sp³-hybridized carbons (Fsp3) is 0.316. The third kappa shape index (κ3) is 3.37. The van der Waals surface area contributed by atoms with Gasteiger partial charge >= 0.3 is 0 Å². The van der Waals surface area contributed by atoms with Gasteiger partial charge in [-0.2, -0.15) is 0 Å². The van der Waals surface area contributed by atoms with Crippen LogP contribution in [-0.4, -0.2) is 20.4 Å². The minimum atomic E-state index is -0.509. The Kier molecular flexibility index (Phi) is 4.52. The van der Waals surface area contributed by atoms with Gasteiger partial charge in [0, 0.05) is 28.7 Å². The molecule has 0 saturated carbocycles. The Morgan fingerprint density at radius 1 is 1.20 bits per heavy atom. The monoisotopic (exact) mass is 356 g/mol. The molecule has 3 rings (SSSR count). The van der Waals surface area contributed by atoms with E-state index in [2.05, 4.69) is 22.2 Å². The molecule has 0 fully saturated rings. The number of amides is 1. The molecule has 0 radical (unpaired) electrons. The summed E-state index contributed by atoms with van der Waals surface area (Å²) in [6.45, 7) is 8.45. The van der Waals surface area contributed by atoms with E-state index in [0.29, 0.717) is 10.8 Å². The molecule has 130 valence electrons. The number of carbonyl (C=O) groups is 1. The average molecular weight is 357 g/mol. The first-order valence-electron chi connectivity index (χ1n) is 8.22. The number of aryl methyl sites for hydroxylation is 1. The maximum absolute atomic E-state index is 12.5. The normalized spacial score (nSPS) is 11.7. The molecular weight excluding hydrogens is 336 g/mol. The first kappa shape index (κ1) is 17.4. The van der Waals surface area contributed by atoms with Gasteiger partial charge in [0.15, 0.2) is 0 Å². The van der Waals surface area contributed by atoms with Gasteiger partial charge in [-0.1, -0.05) is 44.5 Å². The van der Waals surface area contributed by atoms with Gasteiger partial charge in [0.05, 0.1) is 5.39 Å². The lowest BCUT2D eigenvalue weighted by Crippen LogP contribution is -2.28. The first-order valence-corrected chi connectivity index (χ1v) is 8.60. The lowest BCUT2D eigenvalue weighted by atomic mass is 9.95. The second-order valence-corrected chi connectivity index (χ2v) is 7.40. The Bertz CT molecular complexity index is 923. The molecule has 0 aliphatic rings. The number of halogens is 1. The third-order valence-corrected chi connectivity index (χ3v) is 4.31. The zero-order valence-electron chi connectivity index (χ0n) is 14.8. The SMILES string of the molecule is CCn1cc(-c2ccc(Cl)cc2)c2c(NC(=O)C(C)(C)C)ncnc21. The summed E-state index contributed by atoms with van der Waals surface area (Å²) in [6, 6.07) is 7.62. The van der Waals surface area contributed by atoms with Gasteiger partial charge in [-0.15, -0.1) is 0 Å². The standard InChI is InChI=1S/C19H21ClN4O/c1-5-24-10-14(12-6-8-13(20)9-7-12)15-16(21-11-22-17(15)24)23-18(25)19(2,3)4/h6-11H,5H2,1-4H3,(H,21,22,23,25). The molecule has 0 aliphatic carbocycles. The summed E-state index contributed by atoms with van der Waals surface area (Å²) < 4.78 is 2.05. The largest absolute Gasteiger partial charge is 0.332 e. The number of nitrogens with one attached hydrogen (secondary N) is 1. The van der Waals surface area contributed by atoms with E-state index in [1.165, 1.54) is 6.33 Å². The van der Waals surface area contributed by atoms with Crippen molar-refractivity contribution in [3.63, 3.8) is 0 Å². The van der Waals surface area contributed by atoms with E-state index in [-0.39, 0.29) is 5.91 Å². The molecule has 3 aromatic rings. The smallest absolute Gasteiger partial charge is 0.230 e. The summed E-state index contributed by atoms with van der Waals surface area (Å²) in [6.07, 6.45) is 3.52. The fourth-order valence-corrected chi connectivity index (χ4v) is 2.73. The maximum Gasteiger partial charge on any atom is 0.230 e. The predicted molar refractivity (Wildman–Crippen MR) is 102 cm³/mol. The number of hydrogen-bond acceptors (Lipinski definition) is 3.